The summed E-state index contributed by atoms with van der Waals surface area (Å²) in [6, 6.07) is 58.3. The molecule has 0 radical (unpaired) electrons. The van der Waals surface area contributed by atoms with Crippen LogP contribution in [0.5, 0.6) is 0 Å². The summed E-state index contributed by atoms with van der Waals surface area (Å²) in [5.41, 5.74) is 15.8. The second-order valence-electron chi connectivity index (χ2n) is 14.3. The molecule has 13 rings (SSSR count). The topological polar surface area (TPSA) is 23.8 Å². The fraction of sp³-hybridized carbons (Fsp3) is 0. The lowest BCUT2D eigenvalue weighted by molar-refractivity contribution is 1.26. The van der Waals surface area contributed by atoms with Crippen molar-refractivity contribution in [2.75, 3.05) is 9.80 Å². The zero-order valence-corrected chi connectivity index (χ0v) is 29.2. The minimum absolute atomic E-state index is 0.0139. The van der Waals surface area contributed by atoms with Crippen LogP contribution in [0.15, 0.2) is 164 Å². The molecule has 11 aromatic rings. The van der Waals surface area contributed by atoms with E-state index in [9.17, 15) is 0 Å². The van der Waals surface area contributed by atoms with Crippen LogP contribution in [0.25, 0.3) is 58.4 Å². The van der Waals surface area contributed by atoms with E-state index in [0.717, 1.165) is 16.9 Å². The van der Waals surface area contributed by atoms with Gasteiger partial charge in [0.05, 0.1) is 22.1 Å². The molecule has 0 bridgehead atoms. The third-order valence-electron chi connectivity index (χ3n) is 11.7. The smallest absolute Gasteiger partial charge is 0.252 e. The number of pyridine rings is 1. The lowest BCUT2D eigenvalue weighted by atomic mass is 9.33. The first-order valence-electron chi connectivity index (χ1n) is 18.2. The van der Waals surface area contributed by atoms with Crippen LogP contribution in [0.3, 0.4) is 0 Å². The molecule has 0 fully saturated rings. The van der Waals surface area contributed by atoms with Gasteiger partial charge in [-0.05, 0) is 95.3 Å². The Labute approximate surface area is 308 Å². The largest absolute Gasteiger partial charge is 0.311 e. The van der Waals surface area contributed by atoms with Crippen molar-refractivity contribution in [2.24, 2.45) is 0 Å². The number of fused-ring (bicyclic) bond motifs is 13. The molecule has 2 aliphatic heterocycles. The zero-order valence-electron chi connectivity index (χ0n) is 28.4. The second-order valence-corrected chi connectivity index (χ2v) is 15.4. The van der Waals surface area contributed by atoms with E-state index in [4.69, 9.17) is 4.98 Å². The molecule has 0 spiro atoms. The number of anilines is 6. The summed E-state index contributed by atoms with van der Waals surface area (Å²) in [4.78, 5) is 10.0. The summed E-state index contributed by atoms with van der Waals surface area (Å²) in [5.74, 6) is 0. The second kappa shape index (κ2) is 10.0. The molecular weight excluding hydrogens is 663 g/mol. The maximum absolute atomic E-state index is 5.06. The molecule has 0 saturated carbocycles. The van der Waals surface area contributed by atoms with Crippen LogP contribution in [-0.4, -0.2) is 16.1 Å². The molecule has 6 heterocycles. The molecule has 4 nitrogen and oxygen atoms in total. The Kier molecular flexibility index (Phi) is 5.30. The molecule has 0 saturated heterocycles. The van der Waals surface area contributed by atoms with Crippen molar-refractivity contribution in [1.82, 2.24) is 9.38 Å². The van der Waals surface area contributed by atoms with Gasteiger partial charge in [0.25, 0.3) is 6.71 Å². The molecule has 0 aliphatic carbocycles. The highest BCUT2D eigenvalue weighted by molar-refractivity contribution is 7.26. The minimum atomic E-state index is 0.0139. The summed E-state index contributed by atoms with van der Waals surface area (Å²) in [7, 11) is 0. The van der Waals surface area contributed by atoms with E-state index < -0.39 is 0 Å². The summed E-state index contributed by atoms with van der Waals surface area (Å²) in [5, 5.41) is 6.32. The van der Waals surface area contributed by atoms with Gasteiger partial charge in [-0.1, -0.05) is 78.9 Å². The molecule has 2 aliphatic rings. The van der Waals surface area contributed by atoms with Gasteiger partial charge in [-0.25, -0.2) is 0 Å². The van der Waals surface area contributed by atoms with Crippen molar-refractivity contribution >= 4 is 127 Å². The Balaban J connectivity index is 1.21. The number of thiophene rings is 1. The normalized spacial score (nSPS) is 13.5. The van der Waals surface area contributed by atoms with Crippen LogP contribution in [0, 0.1) is 0 Å². The predicted molar refractivity (Wildman–Crippen MR) is 226 cm³/mol. The van der Waals surface area contributed by atoms with Crippen LogP contribution >= 0.6 is 11.3 Å². The average molecular weight is 691 g/mol. The highest BCUT2D eigenvalue weighted by Crippen LogP contribution is 2.47. The molecular formula is C47H27BN4S. The Morgan fingerprint density at radius 2 is 1.09 bits per heavy atom. The highest BCUT2D eigenvalue weighted by atomic mass is 32.1. The van der Waals surface area contributed by atoms with Crippen molar-refractivity contribution in [3.63, 3.8) is 0 Å². The molecule has 0 amide bonds. The Morgan fingerprint density at radius 3 is 1.85 bits per heavy atom. The Morgan fingerprint density at radius 1 is 0.453 bits per heavy atom. The summed E-state index contributed by atoms with van der Waals surface area (Å²) >= 11 is 1.90. The van der Waals surface area contributed by atoms with Crippen LogP contribution in [0.2, 0.25) is 0 Å². The maximum atomic E-state index is 5.06. The van der Waals surface area contributed by atoms with E-state index in [0.29, 0.717) is 0 Å². The molecule has 7 aromatic carbocycles. The van der Waals surface area contributed by atoms with Gasteiger partial charge in [-0.15, -0.1) is 11.3 Å². The molecule has 244 valence electrons. The lowest BCUT2D eigenvalue weighted by Gasteiger charge is -2.44. The molecule has 6 heteroatoms. The Hall–Kier alpha value is -6.63. The van der Waals surface area contributed by atoms with Gasteiger partial charge in [-0.3, -0.25) is 4.98 Å². The van der Waals surface area contributed by atoms with Crippen molar-refractivity contribution in [2.45, 2.75) is 0 Å². The maximum Gasteiger partial charge on any atom is 0.252 e. The van der Waals surface area contributed by atoms with Gasteiger partial charge in [0.1, 0.15) is 0 Å². The average Bonchev–Trinajstić information content (AvgIpc) is 3.86. The number of aromatic nitrogens is 2. The summed E-state index contributed by atoms with van der Waals surface area (Å²) in [6.07, 6.45) is 1.98. The standard InChI is InChI=1S/C47H27BN4S/c1-3-12-28(13-4-1)50-38-19-11-20-39-45(38)48(36-27-44-33(24-41(36)50)31-17-8-10-21-43(31)53-44)35-26-40-34(25-42(35)51(39)29-14-5-2-6-15-29)46-47-32(22-23-49-46)30-16-7-9-18-37(30)52(40)47/h1-27H. The summed E-state index contributed by atoms with van der Waals surface area (Å²) in [6.45, 7) is 0.0139. The van der Waals surface area contributed by atoms with E-state index in [-0.39, 0.29) is 6.71 Å². The molecule has 0 N–H and O–H groups in total. The van der Waals surface area contributed by atoms with Crippen LogP contribution < -0.4 is 26.2 Å². The van der Waals surface area contributed by atoms with Crippen molar-refractivity contribution < 1.29 is 0 Å². The summed E-state index contributed by atoms with van der Waals surface area (Å²) < 4.78 is 5.11. The first kappa shape index (κ1) is 28.0. The minimum Gasteiger partial charge on any atom is -0.311 e. The van der Waals surface area contributed by atoms with E-state index in [1.165, 1.54) is 92.0 Å². The van der Waals surface area contributed by atoms with Gasteiger partial charge in [0.15, 0.2) is 0 Å². The number of benzene rings is 7. The van der Waals surface area contributed by atoms with E-state index in [2.05, 4.69) is 172 Å². The number of hydrogen-bond donors (Lipinski definition) is 0. The number of para-hydroxylation sites is 3. The van der Waals surface area contributed by atoms with Crippen LogP contribution in [-0.2, 0) is 0 Å². The third kappa shape index (κ3) is 3.54. The third-order valence-corrected chi connectivity index (χ3v) is 12.8. The first-order chi connectivity index (χ1) is 26.3. The molecule has 0 atom stereocenters. The van der Waals surface area contributed by atoms with Crippen molar-refractivity contribution in [3.05, 3.63) is 164 Å². The SMILES string of the molecule is c1ccc(N2c3cc4c(cc3B3c5cc6c(cc5N(c5ccccc5)c5cccc2c53)c2nccc3c5ccccc5n6c32)sc2ccccc24)cc1. The highest BCUT2D eigenvalue weighted by Gasteiger charge is 2.44. The van der Waals surface area contributed by atoms with Crippen molar-refractivity contribution in [1.29, 1.82) is 0 Å². The quantitative estimate of drug-likeness (QED) is 0.169. The predicted octanol–water partition coefficient (Wildman–Crippen LogP) is 10.7. The van der Waals surface area contributed by atoms with Crippen LogP contribution in [0.4, 0.5) is 34.1 Å². The number of nitrogens with zero attached hydrogens (tertiary/aromatic N) is 4. The molecule has 53 heavy (non-hydrogen) atoms. The van der Waals surface area contributed by atoms with Gasteiger partial charge >= 0.3 is 0 Å². The monoisotopic (exact) mass is 690 g/mol. The number of rotatable bonds is 2. The number of hydrogen-bond acceptors (Lipinski definition) is 4. The van der Waals surface area contributed by atoms with Crippen molar-refractivity contribution in [3.8, 4) is 0 Å². The molecule has 4 aromatic heterocycles. The van der Waals surface area contributed by atoms with E-state index in [1.807, 2.05) is 17.5 Å². The van der Waals surface area contributed by atoms with Gasteiger partial charge in [-0.2, -0.15) is 0 Å². The fourth-order valence-electron chi connectivity index (χ4n) is 9.63. The van der Waals surface area contributed by atoms with Crippen LogP contribution in [0.1, 0.15) is 0 Å². The lowest BCUT2D eigenvalue weighted by Crippen LogP contribution is -2.61. The molecule has 0 unspecified atom stereocenters. The van der Waals surface area contributed by atoms with E-state index >= 15 is 0 Å². The Bertz CT molecular complexity index is 3300. The van der Waals surface area contributed by atoms with Gasteiger partial charge < -0.3 is 14.2 Å². The van der Waals surface area contributed by atoms with E-state index in [1.54, 1.807) is 0 Å². The van der Waals surface area contributed by atoms with Gasteiger partial charge in [0, 0.05) is 76.7 Å². The zero-order chi connectivity index (χ0) is 34.4. The van der Waals surface area contributed by atoms with Gasteiger partial charge in [0.2, 0.25) is 0 Å². The first-order valence-corrected chi connectivity index (χ1v) is 19.0. The fourth-order valence-corrected chi connectivity index (χ4v) is 10.8.